The van der Waals surface area contributed by atoms with Crippen molar-refractivity contribution in [2.24, 2.45) is 0 Å². The molecule has 4 heteroatoms. The highest BCUT2D eigenvalue weighted by Gasteiger charge is 2.11. The topological polar surface area (TPSA) is 70.5 Å². The molecule has 0 aliphatic carbocycles. The minimum Gasteiger partial charge on any atom is -0.453 e. The van der Waals surface area contributed by atoms with Gasteiger partial charge in [0.1, 0.15) is 11.5 Å². The van der Waals surface area contributed by atoms with E-state index in [4.69, 9.17) is 20.9 Å². The predicted molar refractivity (Wildman–Crippen MR) is 114 cm³/mol. The van der Waals surface area contributed by atoms with E-state index in [1.165, 1.54) is 0 Å². The molecule has 0 amide bonds. The van der Waals surface area contributed by atoms with Crippen LogP contribution in [-0.2, 0) is 0 Å². The zero-order valence-corrected chi connectivity index (χ0v) is 15.2. The first-order valence-corrected chi connectivity index (χ1v) is 8.94. The highest BCUT2D eigenvalue weighted by molar-refractivity contribution is 5.67. The molecule has 0 atom stereocenters. The summed E-state index contributed by atoms with van der Waals surface area (Å²) in [5, 5.41) is 0. The second kappa shape index (κ2) is 7.76. The highest BCUT2D eigenvalue weighted by atomic mass is 16.5. The summed E-state index contributed by atoms with van der Waals surface area (Å²) in [5.41, 5.74) is 15.0. The first-order valence-electron chi connectivity index (χ1n) is 8.94. The van der Waals surface area contributed by atoms with Crippen molar-refractivity contribution >= 4 is 11.4 Å². The van der Waals surface area contributed by atoms with Crippen LogP contribution in [0.5, 0.6) is 23.0 Å². The SMILES string of the molecule is Nc1ccc(Oc2ccc(-c3ccccc3)cc2Oc2ccc(N)cc2)cc1. The third-order valence-electron chi connectivity index (χ3n) is 4.27. The molecular formula is C24H20N2O2. The summed E-state index contributed by atoms with van der Waals surface area (Å²) in [6.07, 6.45) is 0. The lowest BCUT2D eigenvalue weighted by Crippen LogP contribution is -1.93. The minimum absolute atomic E-state index is 0.612. The molecule has 0 spiro atoms. The van der Waals surface area contributed by atoms with Crippen molar-refractivity contribution in [3.8, 4) is 34.1 Å². The predicted octanol–water partition coefficient (Wildman–Crippen LogP) is 6.10. The lowest BCUT2D eigenvalue weighted by molar-refractivity contribution is 0.419. The van der Waals surface area contributed by atoms with Gasteiger partial charge in [0.05, 0.1) is 0 Å². The fraction of sp³-hybridized carbons (Fsp3) is 0. The van der Waals surface area contributed by atoms with Gasteiger partial charge in [0.2, 0.25) is 0 Å². The van der Waals surface area contributed by atoms with Crippen molar-refractivity contribution in [1.82, 2.24) is 0 Å². The maximum atomic E-state index is 6.12. The van der Waals surface area contributed by atoms with E-state index in [0.717, 1.165) is 11.1 Å². The summed E-state index contributed by atoms with van der Waals surface area (Å²) >= 11 is 0. The number of rotatable bonds is 5. The van der Waals surface area contributed by atoms with Gasteiger partial charge in [-0.25, -0.2) is 0 Å². The van der Waals surface area contributed by atoms with Crippen LogP contribution < -0.4 is 20.9 Å². The van der Waals surface area contributed by atoms with Gasteiger partial charge in [0.25, 0.3) is 0 Å². The van der Waals surface area contributed by atoms with Crippen molar-refractivity contribution < 1.29 is 9.47 Å². The Labute approximate surface area is 164 Å². The summed E-state index contributed by atoms with van der Waals surface area (Å²) in [4.78, 5) is 0. The van der Waals surface area contributed by atoms with Crippen molar-refractivity contribution in [2.75, 3.05) is 11.5 Å². The number of ether oxygens (including phenoxy) is 2. The maximum Gasteiger partial charge on any atom is 0.170 e. The van der Waals surface area contributed by atoms with Gasteiger partial charge in [-0.05, 0) is 71.8 Å². The number of hydrogen-bond donors (Lipinski definition) is 2. The van der Waals surface area contributed by atoms with E-state index < -0.39 is 0 Å². The summed E-state index contributed by atoms with van der Waals surface area (Å²) in [5.74, 6) is 2.59. The van der Waals surface area contributed by atoms with Crippen LogP contribution in [0.3, 0.4) is 0 Å². The van der Waals surface area contributed by atoms with Gasteiger partial charge in [-0.1, -0.05) is 36.4 Å². The molecule has 4 nitrogen and oxygen atoms in total. The molecule has 0 fully saturated rings. The van der Waals surface area contributed by atoms with E-state index in [-0.39, 0.29) is 0 Å². The van der Waals surface area contributed by atoms with Gasteiger partial charge in [-0.2, -0.15) is 0 Å². The Kier molecular flexibility index (Phi) is 4.85. The van der Waals surface area contributed by atoms with Crippen LogP contribution in [0.15, 0.2) is 97.1 Å². The van der Waals surface area contributed by atoms with E-state index in [9.17, 15) is 0 Å². The lowest BCUT2D eigenvalue weighted by atomic mass is 10.1. The van der Waals surface area contributed by atoms with E-state index in [0.29, 0.717) is 34.4 Å². The van der Waals surface area contributed by atoms with Gasteiger partial charge in [-0.15, -0.1) is 0 Å². The van der Waals surface area contributed by atoms with Gasteiger partial charge >= 0.3 is 0 Å². The van der Waals surface area contributed by atoms with Gasteiger partial charge in [-0.3, -0.25) is 0 Å². The van der Waals surface area contributed by atoms with Gasteiger partial charge in [0.15, 0.2) is 11.5 Å². The molecule has 4 aromatic carbocycles. The lowest BCUT2D eigenvalue weighted by Gasteiger charge is -2.14. The summed E-state index contributed by atoms with van der Waals surface area (Å²) < 4.78 is 12.2. The molecule has 0 heterocycles. The van der Waals surface area contributed by atoms with Crippen LogP contribution in [0.4, 0.5) is 11.4 Å². The summed E-state index contributed by atoms with van der Waals surface area (Å²) in [6.45, 7) is 0. The molecule has 28 heavy (non-hydrogen) atoms. The smallest absolute Gasteiger partial charge is 0.170 e. The fourth-order valence-electron chi connectivity index (χ4n) is 2.81. The highest BCUT2D eigenvalue weighted by Crippen LogP contribution is 2.38. The molecule has 0 unspecified atom stereocenters. The second-order valence-corrected chi connectivity index (χ2v) is 6.37. The third-order valence-corrected chi connectivity index (χ3v) is 4.27. The standard InChI is InChI=1S/C24H20N2O2/c25-19-7-11-21(12-8-19)27-23-15-6-18(17-4-2-1-3-5-17)16-24(23)28-22-13-9-20(26)10-14-22/h1-16H,25-26H2. The Morgan fingerprint density at radius 3 is 1.57 bits per heavy atom. The molecule has 0 bridgehead atoms. The quantitative estimate of drug-likeness (QED) is 0.417. The van der Waals surface area contributed by atoms with Crippen LogP contribution in [0.2, 0.25) is 0 Å². The number of hydrogen-bond acceptors (Lipinski definition) is 4. The first kappa shape index (κ1) is 17.5. The Hall–Kier alpha value is -3.92. The van der Waals surface area contributed by atoms with Crippen LogP contribution in [0, 0.1) is 0 Å². The van der Waals surface area contributed by atoms with Crippen LogP contribution >= 0.6 is 0 Å². The van der Waals surface area contributed by atoms with Crippen molar-refractivity contribution in [3.05, 3.63) is 97.1 Å². The normalized spacial score (nSPS) is 10.4. The average Bonchev–Trinajstić information content (AvgIpc) is 2.73. The van der Waals surface area contributed by atoms with Gasteiger partial charge in [0, 0.05) is 11.4 Å². The molecule has 4 rings (SSSR count). The van der Waals surface area contributed by atoms with Gasteiger partial charge < -0.3 is 20.9 Å². The van der Waals surface area contributed by atoms with E-state index >= 15 is 0 Å². The fourth-order valence-corrected chi connectivity index (χ4v) is 2.81. The second-order valence-electron chi connectivity index (χ2n) is 6.37. The molecular weight excluding hydrogens is 348 g/mol. The van der Waals surface area contributed by atoms with Crippen LogP contribution in [0.25, 0.3) is 11.1 Å². The molecule has 4 aromatic rings. The van der Waals surface area contributed by atoms with Crippen LogP contribution in [0.1, 0.15) is 0 Å². The average molecular weight is 368 g/mol. The zero-order chi connectivity index (χ0) is 19.3. The summed E-state index contributed by atoms with van der Waals surface area (Å²) in [6, 6.07) is 30.5. The Morgan fingerprint density at radius 1 is 0.464 bits per heavy atom. The number of nitrogen functional groups attached to an aromatic ring is 2. The maximum absolute atomic E-state index is 6.12. The minimum atomic E-state index is 0.612. The van der Waals surface area contributed by atoms with Crippen molar-refractivity contribution in [2.45, 2.75) is 0 Å². The largest absolute Gasteiger partial charge is 0.453 e. The van der Waals surface area contributed by atoms with Crippen LogP contribution in [-0.4, -0.2) is 0 Å². The zero-order valence-electron chi connectivity index (χ0n) is 15.2. The molecule has 0 aliphatic heterocycles. The third kappa shape index (κ3) is 4.07. The summed E-state index contributed by atoms with van der Waals surface area (Å²) in [7, 11) is 0. The number of anilines is 2. The molecule has 138 valence electrons. The Bertz CT molecular complexity index is 1060. The first-order chi connectivity index (χ1) is 13.7. The molecule has 4 N–H and O–H groups in total. The molecule has 0 saturated carbocycles. The molecule has 0 aromatic heterocycles. The van der Waals surface area contributed by atoms with Crippen molar-refractivity contribution in [3.63, 3.8) is 0 Å². The Balaban J connectivity index is 1.71. The molecule has 0 radical (unpaired) electrons. The van der Waals surface area contributed by atoms with E-state index in [2.05, 4.69) is 12.1 Å². The van der Waals surface area contributed by atoms with Crippen molar-refractivity contribution in [1.29, 1.82) is 0 Å². The number of benzene rings is 4. The molecule has 0 aliphatic rings. The number of nitrogens with two attached hydrogens (primary N) is 2. The monoisotopic (exact) mass is 368 g/mol. The van der Waals surface area contributed by atoms with E-state index in [1.807, 2.05) is 60.7 Å². The van der Waals surface area contributed by atoms with E-state index in [1.54, 1.807) is 24.3 Å². The Morgan fingerprint density at radius 2 is 1.00 bits per heavy atom. The molecule has 0 saturated heterocycles.